The zero-order valence-electron chi connectivity index (χ0n) is 18.4. The molecule has 2 heterocycles. The quantitative estimate of drug-likeness (QED) is 0.833. The number of carbonyl (C=O) groups is 1. The molecule has 158 valence electrons. The number of hydrogen-bond donors (Lipinski definition) is 1. The van der Waals surface area contributed by atoms with Crippen molar-refractivity contribution in [3.05, 3.63) is 35.7 Å². The number of benzene rings is 1. The molecule has 0 spiro atoms. The molecule has 2 unspecified atom stereocenters. The Morgan fingerprint density at radius 3 is 2.24 bits per heavy atom. The van der Waals surface area contributed by atoms with Crippen LogP contribution < -0.4 is 5.32 Å². The molecule has 2 atom stereocenters. The summed E-state index contributed by atoms with van der Waals surface area (Å²) in [5, 5.41) is 7.23. The highest BCUT2D eigenvalue weighted by Gasteiger charge is 2.30. The summed E-state index contributed by atoms with van der Waals surface area (Å²) >= 11 is 0. The fourth-order valence-electron chi connectivity index (χ4n) is 3.53. The second-order valence-corrected chi connectivity index (χ2v) is 8.99. The molecule has 1 aromatic heterocycles. The summed E-state index contributed by atoms with van der Waals surface area (Å²) in [6, 6.07) is 8.02. The van der Waals surface area contributed by atoms with Gasteiger partial charge in [-0.05, 0) is 41.5 Å². The van der Waals surface area contributed by atoms with Crippen LogP contribution in [-0.2, 0) is 4.79 Å². The highest BCUT2D eigenvalue weighted by Crippen LogP contribution is 2.24. The monoisotopic (exact) mass is 399 g/mol. The third-order valence-corrected chi connectivity index (χ3v) is 5.43. The normalized spacial score (nSPS) is 18.4. The van der Waals surface area contributed by atoms with Crippen LogP contribution in [0, 0.1) is 6.92 Å². The van der Waals surface area contributed by atoms with Crippen LogP contribution in [0.4, 0.5) is 0 Å². The number of rotatable bonds is 5. The molecule has 0 radical (unpaired) electrons. The van der Waals surface area contributed by atoms with Crippen LogP contribution in [0.15, 0.2) is 28.8 Å². The van der Waals surface area contributed by atoms with E-state index in [0.717, 1.165) is 31.7 Å². The summed E-state index contributed by atoms with van der Waals surface area (Å²) in [4.78, 5) is 21.6. The van der Waals surface area contributed by atoms with E-state index in [0.29, 0.717) is 11.7 Å². The van der Waals surface area contributed by atoms with Crippen molar-refractivity contribution in [1.29, 1.82) is 0 Å². The SMILES string of the molecule is Cc1ccc(-c2noc(C(C)N3CCN(C(C)C(=O)NC(C)(C)C)CC3)n2)cc1. The number of piperazine rings is 1. The third-order valence-electron chi connectivity index (χ3n) is 5.43. The second kappa shape index (κ2) is 8.63. The molecule has 3 rings (SSSR count). The molecule has 1 aromatic carbocycles. The fourth-order valence-corrected chi connectivity index (χ4v) is 3.53. The predicted octanol–water partition coefficient (Wildman–Crippen LogP) is 3.03. The molecule has 0 bridgehead atoms. The van der Waals surface area contributed by atoms with Crippen molar-refractivity contribution in [3.63, 3.8) is 0 Å². The maximum absolute atomic E-state index is 12.5. The molecule has 7 nitrogen and oxygen atoms in total. The van der Waals surface area contributed by atoms with E-state index < -0.39 is 0 Å². The number of amides is 1. The van der Waals surface area contributed by atoms with Crippen LogP contribution in [0.25, 0.3) is 11.4 Å². The van der Waals surface area contributed by atoms with E-state index in [-0.39, 0.29) is 23.5 Å². The maximum atomic E-state index is 12.5. The van der Waals surface area contributed by atoms with Crippen LogP contribution in [-0.4, -0.2) is 63.6 Å². The highest BCUT2D eigenvalue weighted by atomic mass is 16.5. The minimum absolute atomic E-state index is 0.0440. The maximum Gasteiger partial charge on any atom is 0.244 e. The third kappa shape index (κ3) is 5.42. The number of hydrogen-bond acceptors (Lipinski definition) is 6. The summed E-state index contributed by atoms with van der Waals surface area (Å²) in [5.41, 5.74) is 1.95. The number of nitrogens with zero attached hydrogens (tertiary/aromatic N) is 4. The summed E-state index contributed by atoms with van der Waals surface area (Å²) in [5.74, 6) is 1.34. The average Bonchev–Trinajstić information content (AvgIpc) is 3.16. The standard InChI is InChI=1S/C22H33N5O2/c1-15-7-9-18(10-8-15)19-23-21(29-25-19)17(3)27-13-11-26(12-14-27)16(2)20(28)24-22(4,5)6/h7-10,16-17H,11-14H2,1-6H3,(H,24,28). The van der Waals surface area contributed by atoms with Crippen molar-refractivity contribution in [2.24, 2.45) is 0 Å². The molecule has 0 aliphatic carbocycles. The molecule has 0 saturated carbocycles. The Bertz CT molecular complexity index is 816. The average molecular weight is 400 g/mol. The minimum atomic E-state index is -0.213. The zero-order chi connectivity index (χ0) is 21.2. The summed E-state index contributed by atoms with van der Waals surface area (Å²) in [6.07, 6.45) is 0. The highest BCUT2D eigenvalue weighted by molar-refractivity contribution is 5.81. The van der Waals surface area contributed by atoms with E-state index in [9.17, 15) is 4.79 Å². The summed E-state index contributed by atoms with van der Waals surface area (Å²) in [7, 11) is 0. The van der Waals surface area contributed by atoms with Crippen LogP contribution in [0.3, 0.4) is 0 Å². The van der Waals surface area contributed by atoms with Gasteiger partial charge in [-0.15, -0.1) is 0 Å². The Labute approximate surface area is 173 Å². The van der Waals surface area contributed by atoms with Gasteiger partial charge in [-0.25, -0.2) is 0 Å². The Morgan fingerprint density at radius 2 is 1.66 bits per heavy atom. The Kier molecular flexibility index (Phi) is 6.39. The van der Waals surface area contributed by atoms with Gasteiger partial charge in [0.15, 0.2) is 0 Å². The zero-order valence-corrected chi connectivity index (χ0v) is 18.4. The molecule has 2 aromatic rings. The molecule has 7 heteroatoms. The van der Waals surface area contributed by atoms with E-state index in [1.807, 2.05) is 52.0 Å². The van der Waals surface area contributed by atoms with E-state index in [1.165, 1.54) is 5.56 Å². The van der Waals surface area contributed by atoms with Gasteiger partial charge in [0.25, 0.3) is 0 Å². The van der Waals surface area contributed by atoms with Crippen LogP contribution >= 0.6 is 0 Å². The molecule has 1 aliphatic heterocycles. The first-order chi connectivity index (χ1) is 13.6. The van der Waals surface area contributed by atoms with Gasteiger partial charge in [0.05, 0.1) is 12.1 Å². The van der Waals surface area contributed by atoms with Gasteiger partial charge in [0.1, 0.15) is 0 Å². The lowest BCUT2D eigenvalue weighted by Crippen LogP contribution is -2.56. The Hall–Kier alpha value is -2.25. The van der Waals surface area contributed by atoms with Gasteiger partial charge >= 0.3 is 0 Å². The predicted molar refractivity (Wildman–Crippen MR) is 113 cm³/mol. The van der Waals surface area contributed by atoms with E-state index in [1.54, 1.807) is 0 Å². The molecule has 1 aliphatic rings. The topological polar surface area (TPSA) is 74.5 Å². The molecule has 1 fully saturated rings. The number of nitrogens with one attached hydrogen (secondary N) is 1. The number of aryl methyl sites for hydroxylation is 1. The van der Waals surface area contributed by atoms with Gasteiger partial charge in [0.2, 0.25) is 17.6 Å². The fraction of sp³-hybridized carbons (Fsp3) is 0.591. The van der Waals surface area contributed by atoms with Gasteiger partial charge in [-0.2, -0.15) is 4.98 Å². The molecular formula is C22H33N5O2. The lowest BCUT2D eigenvalue weighted by Gasteiger charge is -2.39. The van der Waals surface area contributed by atoms with Crippen LogP contribution in [0.5, 0.6) is 0 Å². The van der Waals surface area contributed by atoms with Gasteiger partial charge < -0.3 is 9.84 Å². The molecule has 29 heavy (non-hydrogen) atoms. The second-order valence-electron chi connectivity index (χ2n) is 8.99. The van der Waals surface area contributed by atoms with Gasteiger partial charge in [-0.1, -0.05) is 35.0 Å². The summed E-state index contributed by atoms with van der Waals surface area (Å²) in [6.45, 7) is 15.5. The minimum Gasteiger partial charge on any atom is -0.350 e. The van der Waals surface area contributed by atoms with Crippen molar-refractivity contribution in [2.45, 2.75) is 59.2 Å². The van der Waals surface area contributed by atoms with Gasteiger partial charge in [0, 0.05) is 37.3 Å². The molecule has 1 N–H and O–H groups in total. The van der Waals surface area contributed by atoms with Crippen LogP contribution in [0.1, 0.15) is 52.1 Å². The largest absolute Gasteiger partial charge is 0.350 e. The Balaban J connectivity index is 1.57. The summed E-state index contributed by atoms with van der Waals surface area (Å²) < 4.78 is 5.55. The molecule has 1 amide bonds. The van der Waals surface area contributed by atoms with Crippen molar-refractivity contribution in [2.75, 3.05) is 26.2 Å². The van der Waals surface area contributed by atoms with Crippen molar-refractivity contribution in [3.8, 4) is 11.4 Å². The lowest BCUT2D eigenvalue weighted by atomic mass is 10.1. The first-order valence-corrected chi connectivity index (χ1v) is 10.3. The van der Waals surface area contributed by atoms with E-state index in [4.69, 9.17) is 4.52 Å². The van der Waals surface area contributed by atoms with Crippen LogP contribution in [0.2, 0.25) is 0 Å². The number of aromatic nitrogens is 2. The van der Waals surface area contributed by atoms with E-state index >= 15 is 0 Å². The van der Waals surface area contributed by atoms with Gasteiger partial charge in [-0.3, -0.25) is 14.6 Å². The molecular weight excluding hydrogens is 366 g/mol. The molecule has 1 saturated heterocycles. The number of carbonyl (C=O) groups excluding carboxylic acids is 1. The van der Waals surface area contributed by atoms with Crippen molar-refractivity contribution >= 4 is 5.91 Å². The van der Waals surface area contributed by atoms with E-state index in [2.05, 4.69) is 39.1 Å². The lowest BCUT2D eigenvalue weighted by molar-refractivity contribution is -0.128. The first-order valence-electron chi connectivity index (χ1n) is 10.3. The first kappa shape index (κ1) is 21.5. The smallest absolute Gasteiger partial charge is 0.244 e. The van der Waals surface area contributed by atoms with Crippen molar-refractivity contribution < 1.29 is 9.32 Å². The van der Waals surface area contributed by atoms with Crippen molar-refractivity contribution in [1.82, 2.24) is 25.3 Å². The Morgan fingerprint density at radius 1 is 1.07 bits per heavy atom.